The maximum Gasteiger partial charge on any atom is 0.172 e. The second-order valence-electron chi connectivity index (χ2n) is 5.81. The summed E-state index contributed by atoms with van der Waals surface area (Å²) in [5.41, 5.74) is 3.46. The number of nitrogens with zero attached hydrogens (tertiary/aromatic N) is 2. The van der Waals surface area contributed by atoms with Crippen LogP contribution in [-0.4, -0.2) is 22.3 Å². The zero-order chi connectivity index (χ0) is 16.9. The van der Waals surface area contributed by atoms with Gasteiger partial charge < -0.3 is 4.74 Å². The van der Waals surface area contributed by atoms with Crippen LogP contribution >= 0.6 is 0 Å². The summed E-state index contributed by atoms with van der Waals surface area (Å²) in [6.45, 7) is 4.68. The van der Waals surface area contributed by atoms with Gasteiger partial charge in [0.2, 0.25) is 0 Å². The minimum atomic E-state index is -0.0569. The summed E-state index contributed by atoms with van der Waals surface area (Å²) < 4.78 is 5.32. The molecule has 0 amide bonds. The molecular formula is C19H22N4O. The van der Waals surface area contributed by atoms with Crippen LogP contribution in [0.2, 0.25) is 0 Å². The highest BCUT2D eigenvalue weighted by Crippen LogP contribution is 2.21. The molecule has 1 aromatic heterocycles. The summed E-state index contributed by atoms with van der Waals surface area (Å²) in [7, 11) is 1.69. The van der Waals surface area contributed by atoms with Crippen LogP contribution in [0, 0.1) is 13.8 Å². The fraction of sp³-hybridized carbons (Fsp3) is 0.263. The molecule has 1 atom stereocenters. The number of hydrogen-bond donors (Lipinski definition) is 2. The lowest BCUT2D eigenvalue weighted by atomic mass is 10.1. The van der Waals surface area contributed by atoms with Gasteiger partial charge in [-0.15, -0.1) is 0 Å². The van der Waals surface area contributed by atoms with Crippen molar-refractivity contribution in [1.29, 1.82) is 0 Å². The summed E-state index contributed by atoms with van der Waals surface area (Å²) in [5, 5.41) is 10.8. The fourth-order valence-electron chi connectivity index (χ4n) is 2.76. The van der Waals surface area contributed by atoms with Crippen LogP contribution in [-0.2, 0) is 6.54 Å². The Bertz CT molecular complexity index is 798. The topological polar surface area (TPSA) is 62.8 Å². The van der Waals surface area contributed by atoms with Crippen molar-refractivity contribution in [3.05, 3.63) is 76.9 Å². The number of rotatable bonds is 6. The summed E-state index contributed by atoms with van der Waals surface area (Å²) in [5.74, 6) is 2.47. The first-order valence-electron chi connectivity index (χ1n) is 7.98. The molecule has 3 aromatic rings. The molecule has 2 aromatic carbocycles. The van der Waals surface area contributed by atoms with E-state index in [4.69, 9.17) is 4.74 Å². The molecule has 124 valence electrons. The Kier molecular flexibility index (Phi) is 4.91. The molecule has 0 unspecified atom stereocenters. The van der Waals surface area contributed by atoms with Crippen LogP contribution in [0.3, 0.4) is 0 Å². The van der Waals surface area contributed by atoms with Gasteiger partial charge >= 0.3 is 0 Å². The molecule has 2 N–H and O–H groups in total. The van der Waals surface area contributed by atoms with E-state index in [1.54, 1.807) is 7.11 Å². The molecule has 0 fully saturated rings. The number of methoxy groups -OCH3 is 1. The van der Waals surface area contributed by atoms with Gasteiger partial charge in [0.25, 0.3) is 0 Å². The molecule has 0 saturated heterocycles. The van der Waals surface area contributed by atoms with Crippen LogP contribution in [0.4, 0.5) is 0 Å². The van der Waals surface area contributed by atoms with Gasteiger partial charge in [0.1, 0.15) is 11.6 Å². The Morgan fingerprint density at radius 2 is 1.92 bits per heavy atom. The lowest BCUT2D eigenvalue weighted by Crippen LogP contribution is -2.23. The molecule has 0 aliphatic carbocycles. The first-order chi connectivity index (χ1) is 11.7. The van der Waals surface area contributed by atoms with Crippen LogP contribution < -0.4 is 10.1 Å². The highest BCUT2D eigenvalue weighted by atomic mass is 16.5. The average Bonchev–Trinajstić information content (AvgIpc) is 3.02. The predicted molar refractivity (Wildman–Crippen MR) is 94.0 cm³/mol. The third kappa shape index (κ3) is 3.63. The van der Waals surface area contributed by atoms with E-state index >= 15 is 0 Å². The van der Waals surface area contributed by atoms with Crippen LogP contribution in [0.1, 0.15) is 34.4 Å². The molecule has 1 heterocycles. The summed E-state index contributed by atoms with van der Waals surface area (Å²) in [4.78, 5) is 4.50. The molecule has 5 heteroatoms. The Morgan fingerprint density at radius 1 is 1.12 bits per heavy atom. The SMILES string of the molecule is COc1ccc(CN[C@H](c2ccccc2)c2n[nH]c(C)n2)cc1C. The maximum atomic E-state index is 5.32. The quantitative estimate of drug-likeness (QED) is 0.731. The summed E-state index contributed by atoms with van der Waals surface area (Å²) >= 11 is 0. The van der Waals surface area contributed by atoms with E-state index in [1.807, 2.05) is 31.2 Å². The Balaban J connectivity index is 1.81. The number of nitrogens with one attached hydrogen (secondary N) is 2. The highest BCUT2D eigenvalue weighted by Gasteiger charge is 2.18. The third-order valence-electron chi connectivity index (χ3n) is 3.98. The van der Waals surface area contributed by atoms with Crippen molar-refractivity contribution in [3.63, 3.8) is 0 Å². The number of aromatic nitrogens is 3. The second kappa shape index (κ2) is 7.27. The van der Waals surface area contributed by atoms with E-state index in [-0.39, 0.29) is 6.04 Å². The monoisotopic (exact) mass is 322 g/mol. The Labute approximate surface area is 142 Å². The molecule has 0 spiro atoms. The number of aromatic amines is 1. The minimum Gasteiger partial charge on any atom is -0.496 e. The molecular weight excluding hydrogens is 300 g/mol. The molecule has 24 heavy (non-hydrogen) atoms. The lowest BCUT2D eigenvalue weighted by molar-refractivity contribution is 0.411. The van der Waals surface area contributed by atoms with Crippen molar-refractivity contribution < 1.29 is 4.74 Å². The van der Waals surface area contributed by atoms with Gasteiger partial charge in [-0.05, 0) is 36.6 Å². The van der Waals surface area contributed by atoms with Crippen molar-refractivity contribution in [2.24, 2.45) is 0 Å². The largest absolute Gasteiger partial charge is 0.496 e. The Hall–Kier alpha value is -2.66. The maximum absolute atomic E-state index is 5.32. The van der Waals surface area contributed by atoms with Crippen molar-refractivity contribution in [2.45, 2.75) is 26.4 Å². The zero-order valence-electron chi connectivity index (χ0n) is 14.2. The van der Waals surface area contributed by atoms with Gasteiger partial charge in [0, 0.05) is 6.54 Å². The summed E-state index contributed by atoms with van der Waals surface area (Å²) in [6, 6.07) is 16.4. The lowest BCUT2D eigenvalue weighted by Gasteiger charge is -2.17. The van der Waals surface area contributed by atoms with Gasteiger partial charge in [-0.2, -0.15) is 5.10 Å². The fourth-order valence-corrected chi connectivity index (χ4v) is 2.76. The van der Waals surface area contributed by atoms with E-state index in [1.165, 1.54) is 5.56 Å². The van der Waals surface area contributed by atoms with Crippen molar-refractivity contribution >= 4 is 0 Å². The van der Waals surface area contributed by atoms with Crippen molar-refractivity contribution in [3.8, 4) is 5.75 Å². The first-order valence-corrected chi connectivity index (χ1v) is 7.98. The smallest absolute Gasteiger partial charge is 0.172 e. The van der Waals surface area contributed by atoms with Gasteiger partial charge in [-0.3, -0.25) is 10.4 Å². The van der Waals surface area contributed by atoms with E-state index in [0.717, 1.165) is 35.1 Å². The van der Waals surface area contributed by atoms with Crippen LogP contribution in [0.5, 0.6) is 5.75 Å². The molecule has 0 aliphatic heterocycles. The van der Waals surface area contributed by atoms with E-state index in [2.05, 4.69) is 51.7 Å². The highest BCUT2D eigenvalue weighted by molar-refractivity contribution is 5.36. The minimum absolute atomic E-state index is 0.0569. The molecule has 3 rings (SSSR count). The zero-order valence-corrected chi connectivity index (χ0v) is 14.2. The third-order valence-corrected chi connectivity index (χ3v) is 3.98. The number of hydrogen-bond acceptors (Lipinski definition) is 4. The average molecular weight is 322 g/mol. The van der Waals surface area contributed by atoms with Crippen molar-refractivity contribution in [1.82, 2.24) is 20.5 Å². The molecule has 0 aliphatic rings. The van der Waals surface area contributed by atoms with E-state index < -0.39 is 0 Å². The molecule has 0 bridgehead atoms. The Morgan fingerprint density at radius 3 is 2.54 bits per heavy atom. The van der Waals surface area contributed by atoms with Gasteiger partial charge in [-0.1, -0.05) is 42.5 Å². The van der Waals surface area contributed by atoms with Gasteiger partial charge in [0.05, 0.1) is 13.2 Å². The number of benzene rings is 2. The summed E-state index contributed by atoms with van der Waals surface area (Å²) in [6.07, 6.45) is 0. The number of aryl methyl sites for hydroxylation is 2. The standard InChI is InChI=1S/C19H22N4O/c1-13-11-15(9-10-17(13)24-3)12-20-18(16-7-5-4-6-8-16)19-21-14(2)22-23-19/h4-11,18,20H,12H2,1-3H3,(H,21,22,23)/t18-/m1/s1. The molecule has 0 radical (unpaired) electrons. The van der Waals surface area contributed by atoms with Gasteiger partial charge in [0.15, 0.2) is 5.82 Å². The predicted octanol–water partition coefficient (Wildman–Crippen LogP) is 3.31. The van der Waals surface area contributed by atoms with E-state index in [0.29, 0.717) is 0 Å². The second-order valence-corrected chi connectivity index (χ2v) is 5.81. The van der Waals surface area contributed by atoms with Crippen molar-refractivity contribution in [2.75, 3.05) is 7.11 Å². The van der Waals surface area contributed by atoms with E-state index in [9.17, 15) is 0 Å². The molecule has 5 nitrogen and oxygen atoms in total. The number of H-pyrrole nitrogens is 1. The molecule has 0 saturated carbocycles. The number of ether oxygens (including phenoxy) is 1. The van der Waals surface area contributed by atoms with Crippen LogP contribution in [0.25, 0.3) is 0 Å². The normalized spacial score (nSPS) is 12.1. The first kappa shape index (κ1) is 16.2. The van der Waals surface area contributed by atoms with Crippen LogP contribution in [0.15, 0.2) is 48.5 Å². The van der Waals surface area contributed by atoms with Gasteiger partial charge in [-0.25, -0.2) is 4.98 Å².